The van der Waals surface area contributed by atoms with Crippen molar-refractivity contribution in [1.82, 2.24) is 4.90 Å². The molecule has 0 aromatic rings. The van der Waals surface area contributed by atoms with E-state index < -0.39 is 0 Å². The molecule has 1 aliphatic carbocycles. The maximum Gasteiger partial charge on any atom is 0.0615 e. The van der Waals surface area contributed by atoms with E-state index in [-0.39, 0.29) is 0 Å². The predicted octanol–water partition coefficient (Wildman–Crippen LogP) is 1.86. The van der Waals surface area contributed by atoms with Crippen LogP contribution < -0.4 is 5.73 Å². The van der Waals surface area contributed by atoms with Gasteiger partial charge in [-0.3, -0.25) is 4.90 Å². The van der Waals surface area contributed by atoms with Crippen molar-refractivity contribution in [1.29, 1.82) is 0 Å². The molecule has 0 heterocycles. The van der Waals surface area contributed by atoms with Gasteiger partial charge in [-0.05, 0) is 45.2 Å². The van der Waals surface area contributed by atoms with Crippen LogP contribution in [0.5, 0.6) is 0 Å². The average Bonchev–Trinajstić information content (AvgIpc) is 2.66. The van der Waals surface area contributed by atoms with Crippen LogP contribution in [0.1, 0.15) is 39.5 Å². The molecule has 3 heteroatoms. The first-order valence-electron chi connectivity index (χ1n) is 6.67. The Kier molecular flexibility index (Phi) is 6.32. The standard InChI is InChI=1S/C13H28N2O/c1-4-15(11(2)10-16-3)9-8-12-6-5-7-13(12)14/h11-13H,4-10,14H2,1-3H3. The summed E-state index contributed by atoms with van der Waals surface area (Å²) < 4.78 is 5.21. The summed E-state index contributed by atoms with van der Waals surface area (Å²) in [5.41, 5.74) is 6.10. The molecule has 0 amide bonds. The van der Waals surface area contributed by atoms with Gasteiger partial charge in [0.1, 0.15) is 0 Å². The Balaban J connectivity index is 2.27. The number of hydrogen-bond donors (Lipinski definition) is 1. The molecule has 0 bridgehead atoms. The SMILES string of the molecule is CCN(CCC1CCCC1N)C(C)COC. The molecule has 0 aromatic carbocycles. The summed E-state index contributed by atoms with van der Waals surface area (Å²) in [6, 6.07) is 0.976. The number of methoxy groups -OCH3 is 1. The highest BCUT2D eigenvalue weighted by atomic mass is 16.5. The van der Waals surface area contributed by atoms with Gasteiger partial charge in [0.05, 0.1) is 6.61 Å². The molecule has 96 valence electrons. The first-order chi connectivity index (χ1) is 7.69. The van der Waals surface area contributed by atoms with E-state index in [0.29, 0.717) is 12.1 Å². The zero-order valence-corrected chi connectivity index (χ0v) is 11.1. The molecular weight excluding hydrogens is 200 g/mol. The Hall–Kier alpha value is -0.120. The summed E-state index contributed by atoms with van der Waals surface area (Å²) in [5.74, 6) is 0.754. The van der Waals surface area contributed by atoms with Crippen molar-refractivity contribution < 1.29 is 4.74 Å². The van der Waals surface area contributed by atoms with Crippen LogP contribution in [0.2, 0.25) is 0 Å². The Bertz CT molecular complexity index is 187. The zero-order valence-electron chi connectivity index (χ0n) is 11.1. The van der Waals surface area contributed by atoms with Gasteiger partial charge >= 0.3 is 0 Å². The van der Waals surface area contributed by atoms with Crippen molar-refractivity contribution in [2.45, 2.75) is 51.6 Å². The second-order valence-electron chi connectivity index (χ2n) is 5.08. The lowest BCUT2D eigenvalue weighted by Crippen LogP contribution is -2.38. The van der Waals surface area contributed by atoms with E-state index in [9.17, 15) is 0 Å². The van der Waals surface area contributed by atoms with Gasteiger partial charge in [0, 0.05) is 19.2 Å². The lowest BCUT2D eigenvalue weighted by Gasteiger charge is -2.29. The molecule has 16 heavy (non-hydrogen) atoms. The highest BCUT2D eigenvalue weighted by molar-refractivity contribution is 4.81. The normalized spacial score (nSPS) is 27.6. The van der Waals surface area contributed by atoms with Crippen LogP contribution in [0.25, 0.3) is 0 Å². The van der Waals surface area contributed by atoms with E-state index in [0.717, 1.165) is 19.1 Å². The fourth-order valence-electron chi connectivity index (χ4n) is 2.79. The topological polar surface area (TPSA) is 38.5 Å². The van der Waals surface area contributed by atoms with Crippen LogP contribution in [0, 0.1) is 5.92 Å². The summed E-state index contributed by atoms with van der Waals surface area (Å²) in [5, 5.41) is 0. The third-order valence-electron chi connectivity index (χ3n) is 3.94. The number of rotatable bonds is 7. The van der Waals surface area contributed by atoms with Crippen molar-refractivity contribution in [3.05, 3.63) is 0 Å². The minimum atomic E-state index is 0.455. The third-order valence-corrected chi connectivity index (χ3v) is 3.94. The molecule has 3 nitrogen and oxygen atoms in total. The smallest absolute Gasteiger partial charge is 0.0615 e. The lowest BCUT2D eigenvalue weighted by molar-refractivity contribution is 0.0980. The predicted molar refractivity (Wildman–Crippen MR) is 68.5 cm³/mol. The van der Waals surface area contributed by atoms with Gasteiger partial charge in [0.25, 0.3) is 0 Å². The van der Waals surface area contributed by atoms with Crippen molar-refractivity contribution in [3.63, 3.8) is 0 Å². The number of ether oxygens (including phenoxy) is 1. The first-order valence-corrected chi connectivity index (χ1v) is 6.67. The van der Waals surface area contributed by atoms with E-state index in [2.05, 4.69) is 18.7 Å². The van der Waals surface area contributed by atoms with Crippen LogP contribution in [-0.4, -0.2) is 43.8 Å². The fourth-order valence-corrected chi connectivity index (χ4v) is 2.79. The maximum atomic E-state index is 6.10. The molecule has 3 atom stereocenters. The van der Waals surface area contributed by atoms with Crippen molar-refractivity contribution in [3.8, 4) is 0 Å². The van der Waals surface area contributed by atoms with Gasteiger partial charge < -0.3 is 10.5 Å². The fraction of sp³-hybridized carbons (Fsp3) is 1.00. The molecule has 3 unspecified atom stereocenters. The Labute approximate surface area is 100 Å². The lowest BCUT2D eigenvalue weighted by atomic mass is 10.00. The van der Waals surface area contributed by atoms with Gasteiger partial charge in [-0.15, -0.1) is 0 Å². The molecule has 2 N–H and O–H groups in total. The summed E-state index contributed by atoms with van der Waals surface area (Å²) >= 11 is 0. The minimum Gasteiger partial charge on any atom is -0.383 e. The Morgan fingerprint density at radius 2 is 2.19 bits per heavy atom. The molecule has 1 fully saturated rings. The zero-order chi connectivity index (χ0) is 12.0. The van der Waals surface area contributed by atoms with E-state index in [1.54, 1.807) is 7.11 Å². The first kappa shape index (κ1) is 13.9. The molecule has 0 spiro atoms. The summed E-state index contributed by atoms with van der Waals surface area (Å²) in [6.07, 6.45) is 5.14. The van der Waals surface area contributed by atoms with E-state index in [1.807, 2.05) is 0 Å². The monoisotopic (exact) mass is 228 g/mol. The van der Waals surface area contributed by atoms with Gasteiger partial charge in [0.2, 0.25) is 0 Å². The second kappa shape index (κ2) is 7.25. The van der Waals surface area contributed by atoms with Crippen LogP contribution in [0.15, 0.2) is 0 Å². The minimum absolute atomic E-state index is 0.455. The second-order valence-corrected chi connectivity index (χ2v) is 5.08. The van der Waals surface area contributed by atoms with E-state index in [4.69, 9.17) is 10.5 Å². The number of nitrogens with zero attached hydrogens (tertiary/aromatic N) is 1. The van der Waals surface area contributed by atoms with Crippen LogP contribution in [0.4, 0.5) is 0 Å². The highest BCUT2D eigenvalue weighted by Gasteiger charge is 2.24. The molecule has 1 aliphatic rings. The van der Waals surface area contributed by atoms with Gasteiger partial charge in [-0.25, -0.2) is 0 Å². The van der Waals surface area contributed by atoms with Crippen LogP contribution in [0.3, 0.4) is 0 Å². The highest BCUT2D eigenvalue weighted by Crippen LogP contribution is 2.27. The number of likely N-dealkylation sites (N-methyl/N-ethyl adjacent to an activating group) is 1. The summed E-state index contributed by atoms with van der Waals surface area (Å²) in [4.78, 5) is 2.49. The van der Waals surface area contributed by atoms with Crippen LogP contribution >= 0.6 is 0 Å². The molecule has 0 radical (unpaired) electrons. The molecule has 0 saturated heterocycles. The maximum absolute atomic E-state index is 6.10. The average molecular weight is 228 g/mol. The van der Waals surface area contributed by atoms with E-state index >= 15 is 0 Å². The van der Waals surface area contributed by atoms with Crippen molar-refractivity contribution >= 4 is 0 Å². The van der Waals surface area contributed by atoms with Crippen LogP contribution in [-0.2, 0) is 4.74 Å². The largest absolute Gasteiger partial charge is 0.383 e. The molecule has 1 saturated carbocycles. The quantitative estimate of drug-likeness (QED) is 0.723. The van der Waals surface area contributed by atoms with E-state index in [1.165, 1.54) is 32.2 Å². The number of hydrogen-bond acceptors (Lipinski definition) is 3. The Morgan fingerprint density at radius 3 is 2.69 bits per heavy atom. The molecule has 0 aromatic heterocycles. The van der Waals surface area contributed by atoms with Gasteiger partial charge in [-0.2, -0.15) is 0 Å². The third kappa shape index (κ3) is 4.04. The van der Waals surface area contributed by atoms with Gasteiger partial charge in [0.15, 0.2) is 0 Å². The summed E-state index contributed by atoms with van der Waals surface area (Å²) in [6.45, 7) is 7.55. The molecule has 0 aliphatic heterocycles. The van der Waals surface area contributed by atoms with Crippen molar-refractivity contribution in [2.24, 2.45) is 11.7 Å². The number of nitrogens with two attached hydrogens (primary N) is 1. The summed E-state index contributed by atoms with van der Waals surface area (Å²) in [7, 11) is 1.78. The molecular formula is C13H28N2O. The Morgan fingerprint density at radius 1 is 1.44 bits per heavy atom. The van der Waals surface area contributed by atoms with Gasteiger partial charge in [-0.1, -0.05) is 13.3 Å². The molecule has 1 rings (SSSR count). The van der Waals surface area contributed by atoms with Crippen molar-refractivity contribution in [2.75, 3.05) is 26.8 Å².